The maximum absolute atomic E-state index is 12.3. The summed E-state index contributed by atoms with van der Waals surface area (Å²) in [6.07, 6.45) is 1.44. The van der Waals surface area contributed by atoms with Crippen molar-refractivity contribution in [2.75, 3.05) is 73.7 Å². The van der Waals surface area contributed by atoms with Gasteiger partial charge in [0.05, 0.1) is 26.9 Å². The van der Waals surface area contributed by atoms with Gasteiger partial charge in [-0.05, 0) is 31.8 Å². The lowest BCUT2D eigenvalue weighted by Crippen LogP contribution is -2.41. The molecule has 1 N–H and O–H groups in total. The summed E-state index contributed by atoms with van der Waals surface area (Å²) in [5, 5.41) is 2.87. The number of amides is 1. The maximum Gasteiger partial charge on any atom is 0.273 e. The van der Waals surface area contributed by atoms with Crippen LogP contribution in [0.15, 0.2) is 34.9 Å². The highest BCUT2D eigenvalue weighted by atomic mass is 16.5. The molecule has 1 amide bonds. The minimum Gasteiger partial charge on any atom is -0.497 e. The van der Waals surface area contributed by atoms with Crippen LogP contribution in [-0.2, 0) is 17.8 Å². The quantitative estimate of drug-likeness (QED) is 0.524. The molecule has 0 saturated carbocycles. The number of benzene rings is 1. The van der Waals surface area contributed by atoms with E-state index in [0.717, 1.165) is 58.2 Å². The molecule has 32 heavy (non-hydrogen) atoms. The zero-order chi connectivity index (χ0) is 22.8. The van der Waals surface area contributed by atoms with Crippen molar-refractivity contribution < 1.29 is 18.7 Å². The van der Waals surface area contributed by atoms with E-state index in [0.29, 0.717) is 24.7 Å². The molecule has 9 nitrogen and oxygen atoms in total. The molecule has 0 aliphatic carbocycles. The van der Waals surface area contributed by atoms with E-state index in [1.165, 1.54) is 11.8 Å². The highest BCUT2D eigenvalue weighted by Gasteiger charge is 2.17. The first-order valence-corrected chi connectivity index (χ1v) is 11.1. The predicted molar refractivity (Wildman–Crippen MR) is 122 cm³/mol. The third kappa shape index (κ3) is 7.90. The molecular formula is C23H35N5O4. The molecule has 9 heteroatoms. The van der Waals surface area contributed by atoms with Crippen molar-refractivity contribution in [1.29, 1.82) is 0 Å². The molecule has 1 aliphatic rings. The summed E-state index contributed by atoms with van der Waals surface area (Å²) in [5.41, 5.74) is 1.50. The molecule has 0 bridgehead atoms. The van der Waals surface area contributed by atoms with Crippen molar-refractivity contribution in [2.24, 2.45) is 0 Å². The molecule has 0 unspecified atom stereocenters. The summed E-state index contributed by atoms with van der Waals surface area (Å²) >= 11 is 0. The van der Waals surface area contributed by atoms with Crippen LogP contribution in [-0.4, -0.2) is 99.3 Å². The van der Waals surface area contributed by atoms with Gasteiger partial charge in [-0.2, -0.15) is 0 Å². The average molecular weight is 446 g/mol. The Hall–Kier alpha value is -2.46. The molecule has 0 spiro atoms. The Labute approximate surface area is 190 Å². The van der Waals surface area contributed by atoms with E-state index in [1.54, 1.807) is 7.11 Å². The smallest absolute Gasteiger partial charge is 0.273 e. The summed E-state index contributed by atoms with van der Waals surface area (Å²) in [6.45, 7) is 7.89. The second-order valence-electron chi connectivity index (χ2n) is 8.20. The lowest BCUT2D eigenvalue weighted by atomic mass is 10.2. The Kier molecular flexibility index (Phi) is 9.48. The topological polar surface area (TPSA) is 83.3 Å². The van der Waals surface area contributed by atoms with Gasteiger partial charge in [0.25, 0.3) is 5.91 Å². The van der Waals surface area contributed by atoms with Crippen molar-refractivity contribution in [3.63, 3.8) is 0 Å². The number of likely N-dealkylation sites (N-methyl/N-ethyl adjacent to an activating group) is 1. The van der Waals surface area contributed by atoms with Gasteiger partial charge in [-0.25, -0.2) is 4.98 Å². The van der Waals surface area contributed by atoms with Crippen LogP contribution in [0, 0.1) is 0 Å². The number of nitrogens with zero attached hydrogens (tertiary/aromatic N) is 4. The third-order valence-corrected chi connectivity index (χ3v) is 5.39. The third-order valence-electron chi connectivity index (χ3n) is 5.39. The van der Waals surface area contributed by atoms with Crippen molar-refractivity contribution in [2.45, 2.75) is 13.1 Å². The zero-order valence-corrected chi connectivity index (χ0v) is 19.4. The van der Waals surface area contributed by atoms with E-state index in [2.05, 4.69) is 32.2 Å². The largest absolute Gasteiger partial charge is 0.497 e. The number of oxazole rings is 1. The Bertz CT molecular complexity index is 818. The van der Waals surface area contributed by atoms with Crippen LogP contribution in [0.2, 0.25) is 0 Å². The first-order chi connectivity index (χ1) is 15.5. The van der Waals surface area contributed by atoms with Gasteiger partial charge in [-0.15, -0.1) is 0 Å². The summed E-state index contributed by atoms with van der Waals surface area (Å²) in [6, 6.07) is 8.08. The number of methoxy groups -OCH3 is 1. The van der Waals surface area contributed by atoms with Crippen LogP contribution in [0.5, 0.6) is 5.75 Å². The number of ether oxygens (including phenoxy) is 2. The lowest BCUT2D eigenvalue weighted by molar-refractivity contribution is 0.0320. The molecule has 3 rings (SSSR count). The molecule has 2 aromatic rings. The van der Waals surface area contributed by atoms with Crippen LogP contribution in [0.3, 0.4) is 0 Å². The van der Waals surface area contributed by atoms with E-state index in [4.69, 9.17) is 13.9 Å². The Morgan fingerprint density at radius 3 is 2.59 bits per heavy atom. The minimum absolute atomic E-state index is 0.211. The number of morpholine rings is 1. The van der Waals surface area contributed by atoms with E-state index < -0.39 is 0 Å². The monoisotopic (exact) mass is 445 g/mol. The molecular weight excluding hydrogens is 410 g/mol. The first kappa shape index (κ1) is 24.2. The Balaban J connectivity index is 1.60. The van der Waals surface area contributed by atoms with Gasteiger partial charge in [-0.1, -0.05) is 12.1 Å². The van der Waals surface area contributed by atoms with Crippen molar-refractivity contribution in [1.82, 2.24) is 25.0 Å². The van der Waals surface area contributed by atoms with Gasteiger partial charge in [0.2, 0.25) is 5.89 Å². The van der Waals surface area contributed by atoms with E-state index in [9.17, 15) is 4.79 Å². The van der Waals surface area contributed by atoms with Gasteiger partial charge >= 0.3 is 0 Å². The van der Waals surface area contributed by atoms with Gasteiger partial charge in [0.15, 0.2) is 5.69 Å². The number of rotatable bonds is 12. The van der Waals surface area contributed by atoms with E-state index >= 15 is 0 Å². The number of hydrogen-bond acceptors (Lipinski definition) is 8. The normalized spacial score (nSPS) is 14.8. The fraction of sp³-hybridized carbons (Fsp3) is 0.565. The second kappa shape index (κ2) is 12.5. The van der Waals surface area contributed by atoms with Crippen LogP contribution in [0.1, 0.15) is 21.9 Å². The Morgan fingerprint density at radius 2 is 1.91 bits per heavy atom. The van der Waals surface area contributed by atoms with Crippen LogP contribution in [0.25, 0.3) is 0 Å². The number of carbonyl (C=O) groups excluding carboxylic acids is 1. The molecule has 1 aromatic heterocycles. The molecule has 1 aromatic carbocycles. The molecule has 1 saturated heterocycles. The highest BCUT2D eigenvalue weighted by molar-refractivity contribution is 5.91. The van der Waals surface area contributed by atoms with E-state index in [-0.39, 0.29) is 5.91 Å². The predicted octanol–water partition coefficient (Wildman–Crippen LogP) is 1.31. The average Bonchev–Trinajstić information content (AvgIpc) is 3.27. The summed E-state index contributed by atoms with van der Waals surface area (Å²) in [5.74, 6) is 1.17. The van der Waals surface area contributed by atoms with Gasteiger partial charge in [0.1, 0.15) is 12.0 Å². The standard InChI is InChI=1S/C23H35N5O4/c1-26(2)9-8-24-23(29)21-18-32-22(25-21)17-28(11-10-27-12-14-31-15-13-27)16-19-4-6-20(30-3)7-5-19/h4-7,18H,8-17H2,1-3H3,(H,24,29). The summed E-state index contributed by atoms with van der Waals surface area (Å²) in [4.78, 5) is 23.4. The van der Waals surface area contributed by atoms with Gasteiger partial charge in [0, 0.05) is 45.8 Å². The first-order valence-electron chi connectivity index (χ1n) is 11.1. The molecule has 0 atom stereocenters. The molecule has 1 aliphatic heterocycles. The number of carbonyl (C=O) groups is 1. The van der Waals surface area contributed by atoms with E-state index in [1.807, 2.05) is 31.1 Å². The number of nitrogens with one attached hydrogen (secondary N) is 1. The van der Waals surface area contributed by atoms with Crippen LogP contribution >= 0.6 is 0 Å². The molecule has 1 fully saturated rings. The lowest BCUT2D eigenvalue weighted by Gasteiger charge is -2.29. The van der Waals surface area contributed by atoms with Crippen molar-refractivity contribution in [3.8, 4) is 5.75 Å². The fourth-order valence-corrected chi connectivity index (χ4v) is 3.47. The second-order valence-corrected chi connectivity index (χ2v) is 8.20. The molecule has 176 valence electrons. The Morgan fingerprint density at radius 1 is 1.16 bits per heavy atom. The van der Waals surface area contributed by atoms with Crippen molar-refractivity contribution >= 4 is 5.91 Å². The maximum atomic E-state index is 12.3. The molecule has 2 heterocycles. The summed E-state index contributed by atoms with van der Waals surface area (Å²) < 4.78 is 16.4. The van der Waals surface area contributed by atoms with Gasteiger partial charge < -0.3 is 24.1 Å². The number of hydrogen-bond donors (Lipinski definition) is 1. The minimum atomic E-state index is -0.211. The van der Waals surface area contributed by atoms with Crippen molar-refractivity contribution in [3.05, 3.63) is 47.7 Å². The number of aromatic nitrogens is 1. The fourth-order valence-electron chi connectivity index (χ4n) is 3.47. The van der Waals surface area contributed by atoms with Crippen LogP contribution < -0.4 is 10.1 Å². The van der Waals surface area contributed by atoms with Crippen LogP contribution in [0.4, 0.5) is 0 Å². The SMILES string of the molecule is COc1ccc(CN(CCN2CCOCC2)Cc2nc(C(=O)NCCN(C)C)co2)cc1. The zero-order valence-electron chi connectivity index (χ0n) is 19.4. The van der Waals surface area contributed by atoms with Gasteiger partial charge in [-0.3, -0.25) is 14.6 Å². The highest BCUT2D eigenvalue weighted by Crippen LogP contribution is 2.15. The summed E-state index contributed by atoms with van der Waals surface area (Å²) in [7, 11) is 5.60. The molecule has 0 radical (unpaired) electrons.